The lowest BCUT2D eigenvalue weighted by molar-refractivity contribution is 0.579. The van der Waals surface area contributed by atoms with E-state index in [-0.39, 0.29) is 11.1 Å². The third-order valence-electron chi connectivity index (χ3n) is 2.94. The maximum atomic E-state index is 13.5. The van der Waals surface area contributed by atoms with Crippen molar-refractivity contribution in [2.24, 2.45) is 5.10 Å². The summed E-state index contributed by atoms with van der Waals surface area (Å²) in [5, 5.41) is 6.05. The summed E-state index contributed by atoms with van der Waals surface area (Å²) in [6, 6.07) is 5.16. The Labute approximate surface area is 122 Å². The van der Waals surface area contributed by atoms with Gasteiger partial charge in [-0.2, -0.15) is 9.78 Å². The van der Waals surface area contributed by atoms with Crippen molar-refractivity contribution in [3.63, 3.8) is 0 Å². The summed E-state index contributed by atoms with van der Waals surface area (Å²) in [7, 11) is 0. The molecule has 0 aliphatic heterocycles. The van der Waals surface area contributed by atoms with Crippen LogP contribution >= 0.6 is 11.3 Å². The molecule has 3 rings (SSSR count). The van der Waals surface area contributed by atoms with E-state index in [1.54, 1.807) is 18.4 Å². The molecule has 1 aromatic carbocycles. The second kappa shape index (κ2) is 5.17. The molecule has 0 aliphatic rings. The Hall–Kier alpha value is -2.41. The summed E-state index contributed by atoms with van der Waals surface area (Å²) in [6.07, 6.45) is 0.985. The number of hydrogen-bond donors (Lipinski definition) is 0. The standard InChI is InChI=1S/C14H9F2N3OS/c1-8-18-13-9(5-6-21-13)14(20)19(8)17-7-10-11(15)3-2-4-12(10)16/h2-7H,1H3/b17-7-. The number of nitrogens with zero attached hydrogens (tertiary/aromatic N) is 3. The fraction of sp³-hybridized carbons (Fsp3) is 0.0714. The monoisotopic (exact) mass is 305 g/mol. The van der Waals surface area contributed by atoms with Gasteiger partial charge in [-0.15, -0.1) is 11.3 Å². The smallest absolute Gasteiger partial charge is 0.267 e. The van der Waals surface area contributed by atoms with Crippen LogP contribution in [0.5, 0.6) is 0 Å². The lowest BCUT2D eigenvalue weighted by Crippen LogP contribution is -2.20. The number of aromatic nitrogens is 2. The minimum Gasteiger partial charge on any atom is -0.267 e. The average Bonchev–Trinajstić information content (AvgIpc) is 2.89. The first-order valence-corrected chi connectivity index (χ1v) is 6.91. The normalized spacial score (nSPS) is 11.6. The van der Waals surface area contributed by atoms with Gasteiger partial charge in [-0.25, -0.2) is 13.8 Å². The molecule has 0 radical (unpaired) electrons. The van der Waals surface area contributed by atoms with Gasteiger partial charge in [0.1, 0.15) is 22.3 Å². The van der Waals surface area contributed by atoms with Crippen LogP contribution in [0.4, 0.5) is 8.78 Å². The third kappa shape index (κ3) is 2.36. The van der Waals surface area contributed by atoms with E-state index in [4.69, 9.17) is 0 Å². The van der Waals surface area contributed by atoms with Gasteiger partial charge in [0.25, 0.3) is 5.56 Å². The number of halogens is 2. The molecule has 0 atom stereocenters. The van der Waals surface area contributed by atoms with Crippen molar-refractivity contribution in [1.29, 1.82) is 0 Å². The molecule has 0 spiro atoms. The first kappa shape index (κ1) is 13.6. The van der Waals surface area contributed by atoms with Gasteiger partial charge in [-0.05, 0) is 30.5 Å². The van der Waals surface area contributed by atoms with E-state index >= 15 is 0 Å². The van der Waals surface area contributed by atoms with Gasteiger partial charge in [0.15, 0.2) is 0 Å². The van der Waals surface area contributed by atoms with Crippen LogP contribution in [-0.2, 0) is 0 Å². The van der Waals surface area contributed by atoms with Crippen molar-refractivity contribution in [2.45, 2.75) is 6.92 Å². The number of fused-ring (bicyclic) bond motifs is 1. The lowest BCUT2D eigenvalue weighted by atomic mass is 10.2. The van der Waals surface area contributed by atoms with E-state index in [0.717, 1.165) is 23.0 Å². The minimum absolute atomic E-state index is 0.297. The zero-order chi connectivity index (χ0) is 15.0. The summed E-state index contributed by atoms with van der Waals surface area (Å²) < 4.78 is 28.1. The van der Waals surface area contributed by atoms with Crippen molar-refractivity contribution in [3.05, 3.63) is 63.0 Å². The number of thiophene rings is 1. The number of rotatable bonds is 2. The van der Waals surface area contributed by atoms with Crippen LogP contribution in [0.25, 0.3) is 10.2 Å². The van der Waals surface area contributed by atoms with E-state index in [2.05, 4.69) is 10.1 Å². The van der Waals surface area contributed by atoms with Crippen LogP contribution in [0.15, 0.2) is 39.5 Å². The van der Waals surface area contributed by atoms with Crippen molar-refractivity contribution in [3.8, 4) is 0 Å². The molecular formula is C14H9F2N3OS. The summed E-state index contributed by atoms with van der Waals surface area (Å²) in [5.41, 5.74) is -0.666. The van der Waals surface area contributed by atoms with Crippen molar-refractivity contribution in [2.75, 3.05) is 0 Å². The molecule has 2 heterocycles. The molecule has 2 aromatic heterocycles. The Balaban J connectivity index is 2.14. The molecule has 0 amide bonds. The van der Waals surface area contributed by atoms with Gasteiger partial charge < -0.3 is 0 Å². The van der Waals surface area contributed by atoms with Crippen molar-refractivity contribution >= 4 is 27.8 Å². The molecule has 7 heteroatoms. The second-order valence-corrected chi connectivity index (χ2v) is 5.19. The Morgan fingerprint density at radius 1 is 1.29 bits per heavy atom. The first-order valence-electron chi connectivity index (χ1n) is 6.03. The molecule has 0 bridgehead atoms. The molecule has 4 nitrogen and oxygen atoms in total. The molecule has 0 unspecified atom stereocenters. The Morgan fingerprint density at radius 3 is 2.71 bits per heavy atom. The van der Waals surface area contributed by atoms with E-state index in [1.807, 2.05) is 0 Å². The topological polar surface area (TPSA) is 47.2 Å². The molecule has 0 fully saturated rings. The van der Waals surface area contributed by atoms with Gasteiger partial charge in [-0.1, -0.05) is 6.07 Å². The van der Waals surface area contributed by atoms with Gasteiger partial charge >= 0.3 is 0 Å². The highest BCUT2D eigenvalue weighted by molar-refractivity contribution is 7.16. The maximum Gasteiger partial charge on any atom is 0.282 e. The molecule has 3 aromatic rings. The molecule has 0 saturated carbocycles. The zero-order valence-corrected chi connectivity index (χ0v) is 11.7. The number of hydrogen-bond acceptors (Lipinski definition) is 4. The van der Waals surface area contributed by atoms with Crippen LogP contribution in [-0.4, -0.2) is 15.9 Å². The minimum atomic E-state index is -0.742. The number of aryl methyl sites for hydroxylation is 1. The highest BCUT2D eigenvalue weighted by Gasteiger charge is 2.09. The van der Waals surface area contributed by atoms with Gasteiger partial charge in [-0.3, -0.25) is 4.79 Å². The zero-order valence-electron chi connectivity index (χ0n) is 10.9. The molecular weight excluding hydrogens is 296 g/mol. The van der Waals surface area contributed by atoms with E-state index in [1.165, 1.54) is 17.4 Å². The summed E-state index contributed by atoms with van der Waals surface area (Å²) in [5.74, 6) is -1.13. The fourth-order valence-corrected chi connectivity index (χ4v) is 2.69. The maximum absolute atomic E-state index is 13.5. The van der Waals surface area contributed by atoms with Crippen LogP contribution in [0.1, 0.15) is 11.4 Å². The largest absolute Gasteiger partial charge is 0.282 e. The van der Waals surface area contributed by atoms with Gasteiger partial charge in [0.2, 0.25) is 0 Å². The predicted molar refractivity (Wildman–Crippen MR) is 78.0 cm³/mol. The molecule has 21 heavy (non-hydrogen) atoms. The highest BCUT2D eigenvalue weighted by Crippen LogP contribution is 2.15. The molecule has 0 N–H and O–H groups in total. The van der Waals surface area contributed by atoms with Crippen LogP contribution in [0.3, 0.4) is 0 Å². The van der Waals surface area contributed by atoms with E-state index in [0.29, 0.717) is 16.0 Å². The fourth-order valence-electron chi connectivity index (χ4n) is 1.89. The molecule has 0 aliphatic carbocycles. The van der Waals surface area contributed by atoms with E-state index in [9.17, 15) is 13.6 Å². The Morgan fingerprint density at radius 2 is 2.00 bits per heavy atom. The van der Waals surface area contributed by atoms with Crippen molar-refractivity contribution < 1.29 is 8.78 Å². The average molecular weight is 305 g/mol. The van der Waals surface area contributed by atoms with Crippen LogP contribution in [0.2, 0.25) is 0 Å². The van der Waals surface area contributed by atoms with Gasteiger partial charge in [0.05, 0.1) is 17.2 Å². The second-order valence-electron chi connectivity index (χ2n) is 4.30. The molecule has 0 saturated heterocycles. The first-order chi connectivity index (χ1) is 10.1. The van der Waals surface area contributed by atoms with Crippen LogP contribution < -0.4 is 5.56 Å². The van der Waals surface area contributed by atoms with Gasteiger partial charge in [0, 0.05) is 0 Å². The third-order valence-corrected chi connectivity index (χ3v) is 3.75. The van der Waals surface area contributed by atoms with Crippen LogP contribution in [0, 0.1) is 18.6 Å². The quantitative estimate of drug-likeness (QED) is 0.683. The summed E-state index contributed by atoms with van der Waals surface area (Å²) >= 11 is 1.35. The Bertz CT molecular complexity index is 894. The Kier molecular flexibility index (Phi) is 3.34. The van der Waals surface area contributed by atoms with E-state index < -0.39 is 11.6 Å². The SMILES string of the molecule is Cc1nc2sccc2c(=O)n1/N=C\c1c(F)cccc1F. The predicted octanol–water partition coefficient (Wildman–Crippen LogP) is 2.93. The van der Waals surface area contributed by atoms with Crippen molar-refractivity contribution in [1.82, 2.24) is 9.66 Å². The highest BCUT2D eigenvalue weighted by atomic mass is 32.1. The summed E-state index contributed by atoms with van der Waals surface area (Å²) in [4.78, 5) is 17.1. The molecule has 106 valence electrons. The lowest BCUT2D eigenvalue weighted by Gasteiger charge is -2.03. The summed E-state index contributed by atoms with van der Waals surface area (Å²) in [6.45, 7) is 1.61. The number of benzene rings is 1.